The predicted molar refractivity (Wildman–Crippen MR) is 105 cm³/mol. The van der Waals surface area contributed by atoms with E-state index in [1.165, 1.54) is 18.2 Å². The summed E-state index contributed by atoms with van der Waals surface area (Å²) in [5.41, 5.74) is 1.65. The first kappa shape index (κ1) is 18.2. The van der Waals surface area contributed by atoms with E-state index in [9.17, 15) is 14.9 Å². The zero-order valence-electron chi connectivity index (χ0n) is 14.0. The van der Waals surface area contributed by atoms with Crippen LogP contribution in [0.5, 0.6) is 0 Å². The third-order valence-corrected chi connectivity index (χ3v) is 3.88. The molecule has 0 fully saturated rings. The lowest BCUT2D eigenvalue weighted by atomic mass is 10.1. The number of nitrogens with one attached hydrogen (secondary N) is 1. The fourth-order valence-corrected chi connectivity index (χ4v) is 2.56. The van der Waals surface area contributed by atoms with Crippen molar-refractivity contribution in [3.63, 3.8) is 0 Å². The Morgan fingerprint density at radius 3 is 2.37 bits per heavy atom. The molecule has 1 amide bonds. The van der Waals surface area contributed by atoms with E-state index in [1.807, 2.05) is 36.4 Å². The summed E-state index contributed by atoms with van der Waals surface area (Å²) < 4.78 is 0. The summed E-state index contributed by atoms with van der Waals surface area (Å²) in [6, 6.07) is 20.3. The van der Waals surface area contributed by atoms with Gasteiger partial charge in [-0.3, -0.25) is 14.9 Å². The highest BCUT2D eigenvalue weighted by molar-refractivity contribution is 6.31. The van der Waals surface area contributed by atoms with Gasteiger partial charge in [0.1, 0.15) is 5.56 Å². The molecule has 0 saturated carbocycles. The topological polar surface area (TPSA) is 72.2 Å². The molecule has 0 heterocycles. The molecular formula is C21H13ClN2O3. The fourth-order valence-electron chi connectivity index (χ4n) is 2.39. The molecule has 3 rings (SSSR count). The van der Waals surface area contributed by atoms with Crippen molar-refractivity contribution in [1.29, 1.82) is 0 Å². The summed E-state index contributed by atoms with van der Waals surface area (Å²) in [4.78, 5) is 23.0. The molecule has 0 spiro atoms. The average Bonchev–Trinajstić information content (AvgIpc) is 2.67. The molecule has 6 heteroatoms. The molecule has 3 aromatic carbocycles. The average molecular weight is 377 g/mol. The number of amides is 1. The SMILES string of the molecule is O=C(Nc1cccc(C#Cc2ccccc2)c1)c1cc(Cl)ccc1[N+](=O)[O-]. The van der Waals surface area contributed by atoms with Gasteiger partial charge in [-0.2, -0.15) is 0 Å². The Morgan fingerprint density at radius 1 is 0.926 bits per heavy atom. The van der Waals surface area contributed by atoms with Crippen molar-refractivity contribution < 1.29 is 9.72 Å². The Bertz CT molecular complexity index is 1070. The number of anilines is 1. The van der Waals surface area contributed by atoms with Gasteiger partial charge < -0.3 is 5.32 Å². The van der Waals surface area contributed by atoms with Gasteiger partial charge in [-0.25, -0.2) is 0 Å². The molecule has 0 aliphatic carbocycles. The van der Waals surface area contributed by atoms with Crippen LogP contribution in [0.1, 0.15) is 21.5 Å². The van der Waals surface area contributed by atoms with Gasteiger partial charge in [0.05, 0.1) is 4.92 Å². The van der Waals surface area contributed by atoms with E-state index in [2.05, 4.69) is 17.2 Å². The normalized spacial score (nSPS) is 9.81. The molecule has 3 aromatic rings. The molecule has 0 radical (unpaired) electrons. The van der Waals surface area contributed by atoms with Crippen LogP contribution in [-0.2, 0) is 0 Å². The molecule has 0 unspecified atom stereocenters. The third-order valence-electron chi connectivity index (χ3n) is 3.65. The number of carbonyl (C=O) groups excluding carboxylic acids is 1. The van der Waals surface area contributed by atoms with Crippen molar-refractivity contribution in [1.82, 2.24) is 0 Å². The van der Waals surface area contributed by atoms with Crippen molar-refractivity contribution in [2.45, 2.75) is 0 Å². The number of rotatable bonds is 3. The van der Waals surface area contributed by atoms with Crippen LogP contribution in [0.4, 0.5) is 11.4 Å². The van der Waals surface area contributed by atoms with E-state index in [0.29, 0.717) is 11.3 Å². The van der Waals surface area contributed by atoms with E-state index in [1.54, 1.807) is 18.2 Å². The summed E-state index contributed by atoms with van der Waals surface area (Å²) >= 11 is 5.87. The third kappa shape index (κ3) is 4.72. The van der Waals surface area contributed by atoms with Crippen LogP contribution in [0.25, 0.3) is 0 Å². The lowest BCUT2D eigenvalue weighted by Gasteiger charge is -2.07. The van der Waals surface area contributed by atoms with Gasteiger partial charge in [-0.1, -0.05) is 47.7 Å². The van der Waals surface area contributed by atoms with Crippen molar-refractivity contribution >= 4 is 28.9 Å². The highest BCUT2D eigenvalue weighted by Crippen LogP contribution is 2.24. The Labute approximate surface area is 160 Å². The van der Waals surface area contributed by atoms with E-state index in [0.717, 1.165) is 5.56 Å². The first-order valence-electron chi connectivity index (χ1n) is 7.95. The molecule has 0 bridgehead atoms. The summed E-state index contributed by atoms with van der Waals surface area (Å²) in [7, 11) is 0. The second-order valence-electron chi connectivity index (χ2n) is 5.57. The molecule has 0 saturated heterocycles. The van der Waals surface area contributed by atoms with Crippen molar-refractivity contribution in [2.75, 3.05) is 5.32 Å². The lowest BCUT2D eigenvalue weighted by Crippen LogP contribution is -2.14. The maximum absolute atomic E-state index is 12.5. The van der Waals surface area contributed by atoms with E-state index in [4.69, 9.17) is 11.6 Å². The molecule has 132 valence electrons. The predicted octanol–water partition coefficient (Wildman–Crippen LogP) is 4.90. The minimum Gasteiger partial charge on any atom is -0.322 e. The monoisotopic (exact) mass is 376 g/mol. The molecular weight excluding hydrogens is 364 g/mol. The summed E-state index contributed by atoms with van der Waals surface area (Å²) in [5.74, 6) is 5.44. The minimum absolute atomic E-state index is 0.103. The maximum atomic E-state index is 12.5. The van der Waals surface area contributed by atoms with Crippen LogP contribution in [0.2, 0.25) is 5.02 Å². The van der Waals surface area contributed by atoms with Crippen LogP contribution in [0, 0.1) is 22.0 Å². The van der Waals surface area contributed by atoms with Crippen molar-refractivity contribution in [2.24, 2.45) is 0 Å². The second-order valence-corrected chi connectivity index (χ2v) is 6.01. The summed E-state index contributed by atoms with van der Waals surface area (Å²) in [6.45, 7) is 0. The maximum Gasteiger partial charge on any atom is 0.282 e. The number of halogens is 1. The highest BCUT2D eigenvalue weighted by Gasteiger charge is 2.20. The zero-order valence-corrected chi connectivity index (χ0v) is 14.7. The van der Waals surface area contributed by atoms with Crippen molar-refractivity contribution in [3.8, 4) is 11.8 Å². The molecule has 1 N–H and O–H groups in total. The van der Waals surface area contributed by atoms with E-state index >= 15 is 0 Å². The van der Waals surface area contributed by atoms with E-state index in [-0.39, 0.29) is 16.3 Å². The highest BCUT2D eigenvalue weighted by atomic mass is 35.5. The Balaban J connectivity index is 1.83. The van der Waals surface area contributed by atoms with Gasteiger partial charge in [-0.15, -0.1) is 0 Å². The first-order valence-corrected chi connectivity index (χ1v) is 8.33. The van der Waals surface area contributed by atoms with Gasteiger partial charge in [0.15, 0.2) is 0 Å². The van der Waals surface area contributed by atoms with E-state index < -0.39 is 10.8 Å². The van der Waals surface area contributed by atoms with Crippen LogP contribution < -0.4 is 5.32 Å². The summed E-state index contributed by atoms with van der Waals surface area (Å²) in [5, 5.41) is 14.0. The molecule has 0 aliphatic rings. The van der Waals surface area contributed by atoms with Crippen molar-refractivity contribution in [3.05, 3.63) is 105 Å². The largest absolute Gasteiger partial charge is 0.322 e. The number of benzene rings is 3. The second kappa shape index (κ2) is 8.17. The number of nitrogens with zero attached hydrogens (tertiary/aromatic N) is 1. The van der Waals surface area contributed by atoms with Gasteiger partial charge in [0.25, 0.3) is 11.6 Å². The van der Waals surface area contributed by atoms with Gasteiger partial charge in [0, 0.05) is 27.9 Å². The smallest absolute Gasteiger partial charge is 0.282 e. The molecule has 0 aliphatic heterocycles. The standard InChI is InChI=1S/C21H13ClN2O3/c22-17-11-12-20(24(26)27)19(14-17)21(25)23-18-8-4-7-16(13-18)10-9-15-5-2-1-3-6-15/h1-8,11-14H,(H,23,25). The van der Waals surface area contributed by atoms with Crippen LogP contribution in [0.15, 0.2) is 72.8 Å². The van der Waals surface area contributed by atoms with Crippen LogP contribution >= 0.6 is 11.6 Å². The quantitative estimate of drug-likeness (QED) is 0.401. The lowest BCUT2D eigenvalue weighted by molar-refractivity contribution is -0.385. The fraction of sp³-hybridized carbons (Fsp3) is 0. The molecule has 0 atom stereocenters. The first-order chi connectivity index (χ1) is 13.0. The molecule has 5 nitrogen and oxygen atoms in total. The Kier molecular flexibility index (Phi) is 5.50. The molecule has 27 heavy (non-hydrogen) atoms. The van der Waals surface area contributed by atoms with Crippen LogP contribution in [0.3, 0.4) is 0 Å². The van der Waals surface area contributed by atoms with Crippen LogP contribution in [-0.4, -0.2) is 10.8 Å². The molecule has 0 aromatic heterocycles. The zero-order chi connectivity index (χ0) is 19.2. The minimum atomic E-state index is -0.618. The Morgan fingerprint density at radius 2 is 1.63 bits per heavy atom. The number of nitro benzene ring substituents is 1. The number of hydrogen-bond donors (Lipinski definition) is 1. The van der Waals surface area contributed by atoms with Gasteiger partial charge in [0.2, 0.25) is 0 Å². The van der Waals surface area contributed by atoms with Gasteiger partial charge >= 0.3 is 0 Å². The number of carbonyl (C=O) groups is 1. The number of nitro groups is 1. The summed E-state index contributed by atoms with van der Waals surface area (Å²) in [6.07, 6.45) is 0. The van der Waals surface area contributed by atoms with Gasteiger partial charge in [-0.05, 0) is 42.5 Å². The Hall–Kier alpha value is -3.62. The number of hydrogen-bond acceptors (Lipinski definition) is 3.